The Kier molecular flexibility index (Phi) is 8.52. The van der Waals surface area contributed by atoms with Crippen LogP contribution in [0.1, 0.15) is 38.3 Å². The standard InChI is InChI=1S/C23H29ClN2O3/c1-5-16(2)25-23(28)17(3)26(15-19-7-6-8-21(13-19)29-4)22(27)14-18-9-11-20(24)12-10-18/h6-13,16-17H,5,14-15H2,1-4H3,(H,25,28)/t16-,17+/m0/s1. The number of rotatable bonds is 9. The molecule has 0 bridgehead atoms. The Morgan fingerprint density at radius 2 is 1.79 bits per heavy atom. The number of halogens is 1. The molecule has 0 unspecified atom stereocenters. The number of nitrogens with zero attached hydrogens (tertiary/aromatic N) is 1. The van der Waals surface area contributed by atoms with Gasteiger partial charge in [0.05, 0.1) is 13.5 Å². The number of benzene rings is 2. The van der Waals surface area contributed by atoms with E-state index in [1.807, 2.05) is 50.2 Å². The highest BCUT2D eigenvalue weighted by atomic mass is 35.5. The molecule has 0 aliphatic heterocycles. The van der Waals surface area contributed by atoms with Gasteiger partial charge in [-0.1, -0.05) is 42.8 Å². The van der Waals surface area contributed by atoms with Crippen molar-refractivity contribution in [1.29, 1.82) is 0 Å². The number of nitrogens with one attached hydrogen (secondary N) is 1. The van der Waals surface area contributed by atoms with Crippen LogP contribution in [0.5, 0.6) is 5.75 Å². The minimum Gasteiger partial charge on any atom is -0.497 e. The Balaban J connectivity index is 2.23. The molecule has 0 spiro atoms. The van der Waals surface area contributed by atoms with E-state index in [-0.39, 0.29) is 24.3 Å². The summed E-state index contributed by atoms with van der Waals surface area (Å²) in [6.07, 6.45) is 1.02. The molecule has 2 atom stereocenters. The SMILES string of the molecule is CC[C@H](C)NC(=O)[C@@H](C)N(Cc1cccc(OC)c1)C(=O)Cc1ccc(Cl)cc1. The molecule has 2 aromatic rings. The zero-order valence-electron chi connectivity index (χ0n) is 17.4. The second-order valence-corrected chi connectivity index (χ2v) is 7.61. The first kappa shape index (κ1) is 22.8. The van der Waals surface area contributed by atoms with Gasteiger partial charge in [0.25, 0.3) is 0 Å². The summed E-state index contributed by atoms with van der Waals surface area (Å²) in [6, 6.07) is 14.1. The molecule has 0 heterocycles. The van der Waals surface area contributed by atoms with E-state index in [2.05, 4.69) is 5.32 Å². The fourth-order valence-corrected chi connectivity index (χ4v) is 3.02. The third-order valence-electron chi connectivity index (χ3n) is 4.92. The lowest BCUT2D eigenvalue weighted by Gasteiger charge is -2.30. The van der Waals surface area contributed by atoms with Gasteiger partial charge in [-0.15, -0.1) is 0 Å². The highest BCUT2D eigenvalue weighted by molar-refractivity contribution is 6.30. The monoisotopic (exact) mass is 416 g/mol. The number of carbonyl (C=O) groups is 2. The van der Waals surface area contributed by atoms with E-state index >= 15 is 0 Å². The molecule has 2 aromatic carbocycles. The van der Waals surface area contributed by atoms with E-state index in [1.54, 1.807) is 31.1 Å². The molecule has 0 aliphatic rings. The molecule has 0 radical (unpaired) electrons. The van der Waals surface area contributed by atoms with Crippen molar-refractivity contribution < 1.29 is 14.3 Å². The molecule has 2 rings (SSSR count). The quantitative estimate of drug-likeness (QED) is 0.665. The molecule has 0 aromatic heterocycles. The number of hydrogen-bond donors (Lipinski definition) is 1. The van der Waals surface area contributed by atoms with Crippen LogP contribution in [0.3, 0.4) is 0 Å². The number of ether oxygens (including phenoxy) is 1. The van der Waals surface area contributed by atoms with Gasteiger partial charge in [-0.3, -0.25) is 9.59 Å². The van der Waals surface area contributed by atoms with E-state index in [0.29, 0.717) is 17.3 Å². The summed E-state index contributed by atoms with van der Waals surface area (Å²) in [5.74, 6) is 0.429. The summed E-state index contributed by atoms with van der Waals surface area (Å²) < 4.78 is 5.28. The predicted molar refractivity (Wildman–Crippen MR) is 116 cm³/mol. The summed E-state index contributed by atoms with van der Waals surface area (Å²) in [5.41, 5.74) is 1.75. The van der Waals surface area contributed by atoms with Gasteiger partial charge in [0.2, 0.25) is 11.8 Å². The van der Waals surface area contributed by atoms with Crippen molar-refractivity contribution in [1.82, 2.24) is 10.2 Å². The zero-order valence-corrected chi connectivity index (χ0v) is 18.2. The van der Waals surface area contributed by atoms with Crippen LogP contribution in [0.4, 0.5) is 0 Å². The lowest BCUT2D eigenvalue weighted by Crippen LogP contribution is -2.49. The number of amides is 2. The fraction of sp³-hybridized carbons (Fsp3) is 0.391. The van der Waals surface area contributed by atoms with Crippen LogP contribution < -0.4 is 10.1 Å². The Morgan fingerprint density at radius 1 is 1.10 bits per heavy atom. The number of carbonyl (C=O) groups excluding carboxylic acids is 2. The van der Waals surface area contributed by atoms with Gasteiger partial charge in [0, 0.05) is 17.6 Å². The van der Waals surface area contributed by atoms with E-state index in [0.717, 1.165) is 17.5 Å². The largest absolute Gasteiger partial charge is 0.497 e. The zero-order chi connectivity index (χ0) is 21.4. The van der Waals surface area contributed by atoms with Crippen molar-refractivity contribution in [3.05, 3.63) is 64.7 Å². The molecule has 0 fully saturated rings. The van der Waals surface area contributed by atoms with Gasteiger partial charge in [0.15, 0.2) is 0 Å². The van der Waals surface area contributed by atoms with Crippen molar-refractivity contribution in [2.45, 2.75) is 52.2 Å². The first-order valence-corrected chi connectivity index (χ1v) is 10.2. The van der Waals surface area contributed by atoms with Gasteiger partial charge >= 0.3 is 0 Å². The van der Waals surface area contributed by atoms with Gasteiger partial charge in [-0.25, -0.2) is 0 Å². The molecular formula is C23H29ClN2O3. The first-order valence-electron chi connectivity index (χ1n) is 9.81. The van der Waals surface area contributed by atoms with E-state index in [1.165, 1.54) is 0 Å². The maximum absolute atomic E-state index is 13.1. The molecule has 0 saturated heterocycles. The number of methoxy groups -OCH3 is 1. The van der Waals surface area contributed by atoms with Crippen molar-refractivity contribution >= 4 is 23.4 Å². The smallest absolute Gasteiger partial charge is 0.242 e. The molecule has 1 N–H and O–H groups in total. The third-order valence-corrected chi connectivity index (χ3v) is 5.18. The third kappa shape index (κ3) is 6.79. The predicted octanol–water partition coefficient (Wildman–Crippen LogP) is 4.22. The Morgan fingerprint density at radius 3 is 2.41 bits per heavy atom. The molecule has 5 nitrogen and oxygen atoms in total. The van der Waals surface area contributed by atoms with E-state index in [4.69, 9.17) is 16.3 Å². The summed E-state index contributed by atoms with van der Waals surface area (Å²) >= 11 is 5.94. The maximum atomic E-state index is 13.1. The van der Waals surface area contributed by atoms with Crippen LogP contribution in [0.25, 0.3) is 0 Å². The van der Waals surface area contributed by atoms with Crippen LogP contribution in [0.15, 0.2) is 48.5 Å². The average molecular weight is 417 g/mol. The lowest BCUT2D eigenvalue weighted by atomic mass is 10.1. The Hall–Kier alpha value is -2.53. The van der Waals surface area contributed by atoms with Crippen molar-refractivity contribution in [2.75, 3.05) is 7.11 Å². The Labute approximate surface area is 178 Å². The summed E-state index contributed by atoms with van der Waals surface area (Å²) in [5, 5.41) is 3.59. The highest BCUT2D eigenvalue weighted by Gasteiger charge is 2.27. The normalized spacial score (nSPS) is 12.7. The fourth-order valence-electron chi connectivity index (χ4n) is 2.89. The minimum atomic E-state index is -0.602. The molecule has 6 heteroatoms. The highest BCUT2D eigenvalue weighted by Crippen LogP contribution is 2.18. The maximum Gasteiger partial charge on any atom is 0.242 e. The van der Waals surface area contributed by atoms with Crippen molar-refractivity contribution in [3.63, 3.8) is 0 Å². The van der Waals surface area contributed by atoms with E-state index < -0.39 is 6.04 Å². The first-order chi connectivity index (χ1) is 13.8. The van der Waals surface area contributed by atoms with Gasteiger partial charge in [0.1, 0.15) is 11.8 Å². The minimum absolute atomic E-state index is 0.0509. The topological polar surface area (TPSA) is 58.6 Å². The van der Waals surface area contributed by atoms with Crippen LogP contribution in [0, 0.1) is 0 Å². The Bertz CT molecular complexity index is 823. The van der Waals surface area contributed by atoms with Gasteiger partial charge in [-0.2, -0.15) is 0 Å². The van der Waals surface area contributed by atoms with Crippen LogP contribution in [0.2, 0.25) is 5.02 Å². The molecule has 156 valence electrons. The van der Waals surface area contributed by atoms with Crippen molar-refractivity contribution in [2.24, 2.45) is 0 Å². The van der Waals surface area contributed by atoms with Crippen LogP contribution in [-0.4, -0.2) is 35.9 Å². The molecular weight excluding hydrogens is 388 g/mol. The molecule has 2 amide bonds. The van der Waals surface area contributed by atoms with Crippen LogP contribution in [-0.2, 0) is 22.6 Å². The summed E-state index contributed by atoms with van der Waals surface area (Å²) in [4.78, 5) is 27.5. The van der Waals surface area contributed by atoms with Crippen LogP contribution >= 0.6 is 11.6 Å². The second-order valence-electron chi connectivity index (χ2n) is 7.17. The van der Waals surface area contributed by atoms with Gasteiger partial charge in [-0.05, 0) is 55.7 Å². The van der Waals surface area contributed by atoms with E-state index in [9.17, 15) is 9.59 Å². The van der Waals surface area contributed by atoms with Crippen molar-refractivity contribution in [3.8, 4) is 5.75 Å². The number of hydrogen-bond acceptors (Lipinski definition) is 3. The molecule has 0 aliphatic carbocycles. The molecule has 29 heavy (non-hydrogen) atoms. The summed E-state index contributed by atoms with van der Waals surface area (Å²) in [6.45, 7) is 6.04. The molecule has 0 saturated carbocycles. The summed E-state index contributed by atoms with van der Waals surface area (Å²) in [7, 11) is 1.60. The lowest BCUT2D eigenvalue weighted by molar-refractivity contribution is -0.140. The van der Waals surface area contributed by atoms with Gasteiger partial charge < -0.3 is 15.0 Å². The average Bonchev–Trinajstić information content (AvgIpc) is 2.73. The second kappa shape index (κ2) is 10.9.